The van der Waals surface area contributed by atoms with Gasteiger partial charge in [0.2, 0.25) is 0 Å². The number of aliphatic hydroxyl groups excluding tert-OH is 1. The summed E-state index contributed by atoms with van der Waals surface area (Å²) in [5.74, 6) is 0.566. The molecule has 1 aromatic carbocycles. The molecule has 3 rings (SSSR count). The van der Waals surface area contributed by atoms with Gasteiger partial charge in [-0.25, -0.2) is 0 Å². The largest absolute Gasteiger partial charge is 0.393 e. The first-order chi connectivity index (χ1) is 9.19. The van der Waals surface area contributed by atoms with E-state index in [1.165, 1.54) is 0 Å². The molecule has 2 fully saturated rings. The Morgan fingerprint density at radius 2 is 1.79 bits per heavy atom. The molecule has 2 unspecified atom stereocenters. The minimum atomic E-state index is -0.236. The predicted molar refractivity (Wildman–Crippen MR) is 74.2 cm³/mol. The molecule has 2 saturated heterocycles. The summed E-state index contributed by atoms with van der Waals surface area (Å²) in [5, 5.41) is 9.78. The molecular weight excluding hydrogens is 262 g/mol. The molecule has 1 aromatic rings. The maximum atomic E-state index is 12.6. The fraction of sp³-hybridized carbons (Fsp3) is 0.533. The Morgan fingerprint density at radius 1 is 1.21 bits per heavy atom. The average Bonchev–Trinajstić information content (AvgIpc) is 2.70. The number of benzene rings is 1. The minimum absolute atomic E-state index is 0.0977. The summed E-state index contributed by atoms with van der Waals surface area (Å²) in [6.07, 6.45) is 3.25. The molecule has 102 valence electrons. The highest BCUT2D eigenvalue weighted by atomic mass is 35.5. The van der Waals surface area contributed by atoms with Crippen molar-refractivity contribution in [2.24, 2.45) is 0 Å². The van der Waals surface area contributed by atoms with Crippen molar-refractivity contribution in [1.29, 1.82) is 0 Å². The van der Waals surface area contributed by atoms with E-state index in [4.69, 9.17) is 11.6 Å². The van der Waals surface area contributed by atoms with E-state index in [1.807, 2.05) is 29.2 Å². The van der Waals surface area contributed by atoms with Crippen molar-refractivity contribution in [2.75, 3.05) is 0 Å². The van der Waals surface area contributed by atoms with E-state index in [0.717, 1.165) is 36.8 Å². The standard InChI is InChI=1S/C15H18ClNO2/c16-9-10-1-3-11(4-2-10)15(19)17-12-5-6-13(17)8-14(18)7-12/h1-4,12-14,18H,5-9H2. The van der Waals surface area contributed by atoms with Crippen LogP contribution in [0.4, 0.5) is 0 Å². The fourth-order valence-electron chi connectivity index (χ4n) is 3.37. The van der Waals surface area contributed by atoms with Crippen LogP contribution in [0.1, 0.15) is 41.6 Å². The van der Waals surface area contributed by atoms with Gasteiger partial charge in [-0.2, -0.15) is 0 Å². The van der Waals surface area contributed by atoms with Gasteiger partial charge in [0.25, 0.3) is 5.91 Å². The summed E-state index contributed by atoms with van der Waals surface area (Å²) in [7, 11) is 0. The van der Waals surface area contributed by atoms with Crippen LogP contribution in [0.5, 0.6) is 0 Å². The normalized spacial score (nSPS) is 29.6. The second-order valence-electron chi connectivity index (χ2n) is 5.55. The van der Waals surface area contributed by atoms with Crippen molar-refractivity contribution < 1.29 is 9.90 Å². The van der Waals surface area contributed by atoms with Crippen LogP contribution in [0.25, 0.3) is 0 Å². The molecule has 0 aliphatic carbocycles. The number of hydrogen-bond acceptors (Lipinski definition) is 2. The third kappa shape index (κ3) is 2.37. The van der Waals surface area contributed by atoms with E-state index in [0.29, 0.717) is 5.88 Å². The molecule has 1 amide bonds. The number of aliphatic hydroxyl groups is 1. The van der Waals surface area contributed by atoms with Gasteiger partial charge in [-0.05, 0) is 43.4 Å². The number of halogens is 1. The van der Waals surface area contributed by atoms with Crippen LogP contribution in [0.2, 0.25) is 0 Å². The SMILES string of the molecule is O=C(c1ccc(CCl)cc1)N1C2CCC1CC(O)C2. The summed E-state index contributed by atoms with van der Waals surface area (Å²) < 4.78 is 0. The van der Waals surface area contributed by atoms with Crippen LogP contribution in [-0.4, -0.2) is 34.1 Å². The molecule has 0 aromatic heterocycles. The van der Waals surface area contributed by atoms with Crippen LogP contribution in [0, 0.1) is 0 Å². The second kappa shape index (κ2) is 5.14. The van der Waals surface area contributed by atoms with Gasteiger partial charge >= 0.3 is 0 Å². The molecule has 2 atom stereocenters. The van der Waals surface area contributed by atoms with Crippen molar-refractivity contribution in [1.82, 2.24) is 4.90 Å². The van der Waals surface area contributed by atoms with Crippen molar-refractivity contribution in [3.8, 4) is 0 Å². The summed E-state index contributed by atoms with van der Waals surface area (Å²) in [6, 6.07) is 7.94. The van der Waals surface area contributed by atoms with E-state index in [1.54, 1.807) is 0 Å². The lowest BCUT2D eigenvalue weighted by molar-refractivity contribution is 0.0287. The van der Waals surface area contributed by atoms with Gasteiger partial charge in [-0.15, -0.1) is 11.6 Å². The zero-order chi connectivity index (χ0) is 13.4. The number of fused-ring (bicyclic) bond motifs is 2. The highest BCUT2D eigenvalue weighted by Gasteiger charge is 2.42. The Kier molecular flexibility index (Phi) is 3.50. The van der Waals surface area contributed by atoms with Crippen LogP contribution in [-0.2, 0) is 5.88 Å². The molecule has 2 heterocycles. The number of piperidine rings is 1. The maximum Gasteiger partial charge on any atom is 0.254 e. The van der Waals surface area contributed by atoms with Gasteiger partial charge in [-0.3, -0.25) is 4.79 Å². The first kappa shape index (κ1) is 12.9. The Hall–Kier alpha value is -1.06. The molecule has 2 aliphatic heterocycles. The predicted octanol–water partition coefficient (Wildman–Crippen LogP) is 2.55. The lowest BCUT2D eigenvalue weighted by atomic mass is 9.98. The first-order valence-corrected chi connectivity index (χ1v) is 7.38. The van der Waals surface area contributed by atoms with E-state index >= 15 is 0 Å². The number of amides is 1. The molecule has 0 spiro atoms. The average molecular weight is 280 g/mol. The van der Waals surface area contributed by atoms with Crippen LogP contribution >= 0.6 is 11.6 Å². The highest BCUT2D eigenvalue weighted by Crippen LogP contribution is 2.36. The fourth-order valence-corrected chi connectivity index (χ4v) is 3.54. The molecule has 0 saturated carbocycles. The molecule has 0 radical (unpaired) electrons. The number of carbonyl (C=O) groups excluding carboxylic acids is 1. The van der Waals surface area contributed by atoms with E-state index in [9.17, 15) is 9.90 Å². The Bertz CT molecular complexity index is 460. The van der Waals surface area contributed by atoms with Crippen LogP contribution < -0.4 is 0 Å². The number of carbonyl (C=O) groups is 1. The first-order valence-electron chi connectivity index (χ1n) is 6.84. The van der Waals surface area contributed by atoms with Crippen LogP contribution in [0.15, 0.2) is 24.3 Å². The highest BCUT2D eigenvalue weighted by molar-refractivity contribution is 6.17. The van der Waals surface area contributed by atoms with Crippen LogP contribution in [0.3, 0.4) is 0 Å². The molecule has 19 heavy (non-hydrogen) atoms. The molecule has 4 heteroatoms. The van der Waals surface area contributed by atoms with Gasteiger partial charge in [0.15, 0.2) is 0 Å². The van der Waals surface area contributed by atoms with E-state index < -0.39 is 0 Å². The monoisotopic (exact) mass is 279 g/mol. The Morgan fingerprint density at radius 3 is 2.32 bits per heavy atom. The topological polar surface area (TPSA) is 40.5 Å². The van der Waals surface area contributed by atoms with Gasteiger partial charge in [-0.1, -0.05) is 12.1 Å². The number of nitrogens with zero attached hydrogens (tertiary/aromatic N) is 1. The lowest BCUT2D eigenvalue weighted by Gasteiger charge is -2.37. The maximum absolute atomic E-state index is 12.6. The van der Waals surface area contributed by atoms with Crippen molar-refractivity contribution >= 4 is 17.5 Å². The smallest absolute Gasteiger partial charge is 0.254 e. The molecular formula is C15H18ClNO2. The van der Waals surface area contributed by atoms with Crippen molar-refractivity contribution in [3.05, 3.63) is 35.4 Å². The molecule has 3 nitrogen and oxygen atoms in total. The third-order valence-electron chi connectivity index (χ3n) is 4.30. The summed E-state index contributed by atoms with van der Waals surface area (Å²) in [4.78, 5) is 14.6. The van der Waals surface area contributed by atoms with Crippen molar-refractivity contribution in [3.63, 3.8) is 0 Å². The Labute approximate surface area is 118 Å². The van der Waals surface area contributed by atoms with Gasteiger partial charge in [0, 0.05) is 23.5 Å². The second-order valence-corrected chi connectivity index (χ2v) is 5.82. The van der Waals surface area contributed by atoms with E-state index in [-0.39, 0.29) is 24.1 Å². The summed E-state index contributed by atoms with van der Waals surface area (Å²) in [6.45, 7) is 0. The number of rotatable bonds is 2. The molecule has 2 aliphatic rings. The van der Waals surface area contributed by atoms with Gasteiger partial charge < -0.3 is 10.0 Å². The van der Waals surface area contributed by atoms with E-state index in [2.05, 4.69) is 0 Å². The van der Waals surface area contributed by atoms with Gasteiger partial charge in [0.05, 0.1) is 6.10 Å². The lowest BCUT2D eigenvalue weighted by Crippen LogP contribution is -2.47. The zero-order valence-electron chi connectivity index (χ0n) is 10.8. The summed E-state index contributed by atoms with van der Waals surface area (Å²) in [5.41, 5.74) is 1.75. The molecule has 1 N–H and O–H groups in total. The van der Waals surface area contributed by atoms with Gasteiger partial charge in [0.1, 0.15) is 0 Å². The van der Waals surface area contributed by atoms with Crippen molar-refractivity contribution in [2.45, 2.75) is 49.8 Å². The zero-order valence-corrected chi connectivity index (χ0v) is 11.5. The molecule has 2 bridgehead atoms. The quantitative estimate of drug-likeness (QED) is 0.845. The number of hydrogen-bond donors (Lipinski definition) is 1. The Balaban J connectivity index is 1.80. The minimum Gasteiger partial charge on any atom is -0.393 e. The summed E-state index contributed by atoms with van der Waals surface area (Å²) >= 11 is 5.76. The third-order valence-corrected chi connectivity index (χ3v) is 4.61. The number of alkyl halides is 1.